The Morgan fingerprint density at radius 3 is 2.86 bits per heavy atom. The Kier molecular flexibility index (Phi) is 3.56. The summed E-state index contributed by atoms with van der Waals surface area (Å²) in [4.78, 5) is 22.0. The summed E-state index contributed by atoms with van der Waals surface area (Å²) < 4.78 is 4.64. The van der Waals surface area contributed by atoms with Crippen molar-refractivity contribution in [1.29, 1.82) is 0 Å². The number of nitrogens with zero attached hydrogens (tertiary/aromatic N) is 3. The van der Waals surface area contributed by atoms with Crippen LogP contribution in [0.15, 0.2) is 30.6 Å². The Morgan fingerprint density at radius 2 is 2.14 bits per heavy atom. The van der Waals surface area contributed by atoms with Gasteiger partial charge in [0, 0.05) is 12.2 Å². The molecule has 108 valence electrons. The number of carbonyl (C=O) groups excluding carboxylic acids is 1. The number of methoxy groups -OCH3 is 1. The third kappa shape index (κ3) is 2.59. The van der Waals surface area contributed by atoms with Crippen LogP contribution < -0.4 is 4.90 Å². The van der Waals surface area contributed by atoms with E-state index in [-0.39, 0.29) is 5.69 Å². The Labute approximate surface area is 123 Å². The second-order valence-corrected chi connectivity index (χ2v) is 5.14. The van der Waals surface area contributed by atoms with Crippen LogP contribution in [-0.2, 0) is 11.2 Å². The van der Waals surface area contributed by atoms with E-state index in [2.05, 4.69) is 44.7 Å². The molecule has 0 saturated heterocycles. The SMILES string of the molecule is COC(=O)c1cnc(N2CCCc3cc(C)ccc32)cn1. The Balaban J connectivity index is 1.93. The van der Waals surface area contributed by atoms with Crippen LogP contribution in [0.1, 0.15) is 28.0 Å². The first-order chi connectivity index (χ1) is 10.2. The molecule has 1 aromatic carbocycles. The predicted octanol–water partition coefficient (Wildman–Crippen LogP) is 2.66. The van der Waals surface area contributed by atoms with E-state index in [1.54, 1.807) is 6.20 Å². The number of benzene rings is 1. The smallest absolute Gasteiger partial charge is 0.358 e. The molecule has 5 nitrogen and oxygen atoms in total. The number of esters is 1. The minimum Gasteiger partial charge on any atom is -0.464 e. The van der Waals surface area contributed by atoms with Gasteiger partial charge in [-0.05, 0) is 31.4 Å². The highest BCUT2D eigenvalue weighted by Gasteiger charge is 2.20. The van der Waals surface area contributed by atoms with Crippen molar-refractivity contribution >= 4 is 17.5 Å². The fourth-order valence-corrected chi connectivity index (χ4v) is 2.63. The van der Waals surface area contributed by atoms with Crippen molar-refractivity contribution in [2.45, 2.75) is 19.8 Å². The molecule has 5 heteroatoms. The molecule has 1 aromatic heterocycles. The van der Waals surface area contributed by atoms with Gasteiger partial charge < -0.3 is 9.64 Å². The molecule has 2 heterocycles. The zero-order valence-corrected chi connectivity index (χ0v) is 12.2. The van der Waals surface area contributed by atoms with Crippen molar-refractivity contribution in [3.05, 3.63) is 47.4 Å². The molecule has 1 aliphatic rings. The molecule has 0 saturated carbocycles. The van der Waals surface area contributed by atoms with Crippen LogP contribution in [0.5, 0.6) is 0 Å². The van der Waals surface area contributed by atoms with Crippen LogP contribution >= 0.6 is 0 Å². The number of fused-ring (bicyclic) bond motifs is 1. The van der Waals surface area contributed by atoms with E-state index in [1.165, 1.54) is 30.1 Å². The van der Waals surface area contributed by atoms with E-state index in [4.69, 9.17) is 0 Å². The van der Waals surface area contributed by atoms with Gasteiger partial charge >= 0.3 is 5.97 Å². The summed E-state index contributed by atoms with van der Waals surface area (Å²) in [6, 6.07) is 6.45. The van der Waals surface area contributed by atoms with Crippen molar-refractivity contribution in [1.82, 2.24) is 9.97 Å². The quantitative estimate of drug-likeness (QED) is 0.793. The van der Waals surface area contributed by atoms with E-state index < -0.39 is 5.97 Å². The third-order valence-corrected chi connectivity index (χ3v) is 3.66. The monoisotopic (exact) mass is 283 g/mol. The van der Waals surface area contributed by atoms with E-state index in [0.29, 0.717) is 0 Å². The molecule has 21 heavy (non-hydrogen) atoms. The number of anilines is 2. The summed E-state index contributed by atoms with van der Waals surface area (Å²) in [5.74, 6) is 0.288. The van der Waals surface area contributed by atoms with Gasteiger partial charge in [0.1, 0.15) is 0 Å². The first kappa shape index (κ1) is 13.5. The molecule has 0 radical (unpaired) electrons. The largest absolute Gasteiger partial charge is 0.464 e. The number of hydrogen-bond donors (Lipinski definition) is 0. The minimum absolute atomic E-state index is 0.224. The zero-order chi connectivity index (χ0) is 14.8. The van der Waals surface area contributed by atoms with Crippen LogP contribution in [0.4, 0.5) is 11.5 Å². The Morgan fingerprint density at radius 1 is 1.29 bits per heavy atom. The summed E-state index contributed by atoms with van der Waals surface area (Å²) in [6.45, 7) is 3.01. The van der Waals surface area contributed by atoms with Crippen LogP contribution in [0.3, 0.4) is 0 Å². The molecular formula is C16H17N3O2. The average Bonchev–Trinajstić information content (AvgIpc) is 2.53. The van der Waals surface area contributed by atoms with Gasteiger partial charge in [-0.15, -0.1) is 0 Å². The first-order valence-corrected chi connectivity index (χ1v) is 6.96. The van der Waals surface area contributed by atoms with Crippen molar-refractivity contribution in [2.24, 2.45) is 0 Å². The molecule has 1 aliphatic heterocycles. The molecule has 0 unspecified atom stereocenters. The average molecular weight is 283 g/mol. The highest BCUT2D eigenvalue weighted by atomic mass is 16.5. The van der Waals surface area contributed by atoms with Crippen LogP contribution in [0.2, 0.25) is 0 Å². The Bertz CT molecular complexity index is 668. The summed E-state index contributed by atoms with van der Waals surface area (Å²) in [6.07, 6.45) is 5.25. The highest BCUT2D eigenvalue weighted by Crippen LogP contribution is 2.32. The van der Waals surface area contributed by atoms with E-state index in [0.717, 1.165) is 25.2 Å². The second kappa shape index (κ2) is 5.52. The molecule has 0 bridgehead atoms. The Hall–Kier alpha value is -2.43. The van der Waals surface area contributed by atoms with Gasteiger partial charge in [0.15, 0.2) is 11.5 Å². The number of carbonyl (C=O) groups is 1. The molecule has 0 atom stereocenters. The van der Waals surface area contributed by atoms with Crippen molar-refractivity contribution in [3.8, 4) is 0 Å². The maximum absolute atomic E-state index is 11.4. The molecule has 0 amide bonds. The van der Waals surface area contributed by atoms with Gasteiger partial charge in [-0.2, -0.15) is 0 Å². The molecule has 0 N–H and O–H groups in total. The van der Waals surface area contributed by atoms with Gasteiger partial charge in [-0.25, -0.2) is 14.8 Å². The number of ether oxygens (including phenoxy) is 1. The minimum atomic E-state index is -0.469. The third-order valence-electron chi connectivity index (χ3n) is 3.66. The summed E-state index contributed by atoms with van der Waals surface area (Å²) in [5.41, 5.74) is 4.00. The van der Waals surface area contributed by atoms with E-state index >= 15 is 0 Å². The number of rotatable bonds is 2. The summed E-state index contributed by atoms with van der Waals surface area (Å²) in [7, 11) is 1.33. The molecular weight excluding hydrogens is 266 g/mol. The van der Waals surface area contributed by atoms with Crippen LogP contribution in [0.25, 0.3) is 0 Å². The summed E-state index contributed by atoms with van der Waals surface area (Å²) >= 11 is 0. The van der Waals surface area contributed by atoms with Crippen molar-refractivity contribution in [2.75, 3.05) is 18.6 Å². The lowest BCUT2D eigenvalue weighted by atomic mass is 10.00. The topological polar surface area (TPSA) is 55.3 Å². The van der Waals surface area contributed by atoms with Gasteiger partial charge in [-0.1, -0.05) is 17.7 Å². The van der Waals surface area contributed by atoms with Crippen LogP contribution in [-0.4, -0.2) is 29.6 Å². The van der Waals surface area contributed by atoms with Gasteiger partial charge in [0.2, 0.25) is 0 Å². The molecule has 2 aromatic rings. The predicted molar refractivity (Wildman–Crippen MR) is 79.9 cm³/mol. The lowest BCUT2D eigenvalue weighted by molar-refractivity contribution is 0.0593. The maximum atomic E-state index is 11.4. The molecule has 0 spiro atoms. The van der Waals surface area contributed by atoms with Crippen molar-refractivity contribution in [3.63, 3.8) is 0 Å². The van der Waals surface area contributed by atoms with E-state index in [9.17, 15) is 4.79 Å². The fourth-order valence-electron chi connectivity index (χ4n) is 2.63. The van der Waals surface area contributed by atoms with Crippen LogP contribution in [0, 0.1) is 6.92 Å². The van der Waals surface area contributed by atoms with Crippen molar-refractivity contribution < 1.29 is 9.53 Å². The van der Waals surface area contributed by atoms with E-state index in [1.807, 2.05) is 0 Å². The number of aryl methyl sites for hydroxylation is 2. The van der Waals surface area contributed by atoms with Gasteiger partial charge in [-0.3, -0.25) is 0 Å². The fraction of sp³-hybridized carbons (Fsp3) is 0.312. The molecule has 0 aliphatic carbocycles. The number of aromatic nitrogens is 2. The normalized spacial score (nSPS) is 13.7. The highest BCUT2D eigenvalue weighted by molar-refractivity contribution is 5.86. The van der Waals surface area contributed by atoms with Gasteiger partial charge in [0.25, 0.3) is 0 Å². The summed E-state index contributed by atoms with van der Waals surface area (Å²) in [5, 5.41) is 0. The molecule has 0 fully saturated rings. The zero-order valence-electron chi connectivity index (χ0n) is 12.2. The van der Waals surface area contributed by atoms with Gasteiger partial charge in [0.05, 0.1) is 19.5 Å². The lowest BCUT2D eigenvalue weighted by Gasteiger charge is -2.30. The molecule has 3 rings (SSSR count). The lowest BCUT2D eigenvalue weighted by Crippen LogP contribution is -2.25. The second-order valence-electron chi connectivity index (χ2n) is 5.14. The first-order valence-electron chi connectivity index (χ1n) is 6.96. The standard InChI is InChI=1S/C16H17N3O2/c1-11-5-6-14-12(8-11)4-3-7-19(14)15-10-17-13(9-18-15)16(20)21-2/h5-6,8-10H,3-4,7H2,1-2H3. The maximum Gasteiger partial charge on any atom is 0.358 e. The number of hydrogen-bond acceptors (Lipinski definition) is 5.